The van der Waals surface area contributed by atoms with Crippen molar-refractivity contribution in [1.82, 2.24) is 10.3 Å². The molecule has 0 radical (unpaired) electrons. The van der Waals surface area contributed by atoms with Gasteiger partial charge in [0, 0.05) is 17.5 Å². The summed E-state index contributed by atoms with van der Waals surface area (Å²) < 4.78 is 11.4. The van der Waals surface area contributed by atoms with Gasteiger partial charge >= 0.3 is 0 Å². The van der Waals surface area contributed by atoms with E-state index in [1.165, 1.54) is 22.2 Å². The molecular formula is C16H11N5O3S. The Labute approximate surface area is 145 Å². The Morgan fingerprint density at radius 2 is 2.08 bits per heavy atom. The Balaban J connectivity index is 1.59. The van der Waals surface area contributed by atoms with Crippen LogP contribution in [0.1, 0.15) is 5.76 Å². The van der Waals surface area contributed by atoms with Gasteiger partial charge in [-0.05, 0) is 16.8 Å². The molecule has 0 saturated carbocycles. The zero-order chi connectivity index (χ0) is 17.1. The molecule has 0 fully saturated rings. The van der Waals surface area contributed by atoms with Crippen molar-refractivity contribution in [2.45, 2.75) is 0 Å². The second-order valence-corrected chi connectivity index (χ2v) is 5.74. The minimum atomic E-state index is -0.556. The maximum atomic E-state index is 12.0. The molecule has 0 bridgehead atoms. The Morgan fingerprint density at radius 1 is 1.20 bits per heavy atom. The number of furan rings is 1. The van der Waals surface area contributed by atoms with Crippen LogP contribution >= 0.6 is 11.3 Å². The second kappa shape index (κ2) is 6.57. The molecule has 0 aliphatic carbocycles. The van der Waals surface area contributed by atoms with Crippen LogP contribution in [0.2, 0.25) is 0 Å². The molecule has 3 aromatic heterocycles. The molecule has 124 valence electrons. The van der Waals surface area contributed by atoms with Gasteiger partial charge in [0.2, 0.25) is 10.8 Å². The maximum absolute atomic E-state index is 12.0. The lowest BCUT2D eigenvalue weighted by atomic mass is 10.3. The molecule has 8 nitrogen and oxygen atoms in total. The predicted octanol–water partition coefficient (Wildman–Crippen LogP) is 2.19. The van der Waals surface area contributed by atoms with Crippen molar-refractivity contribution in [2.24, 2.45) is 5.10 Å². The summed E-state index contributed by atoms with van der Waals surface area (Å²) in [4.78, 5) is 4.36. The number of nitrogens with one attached hydrogen (secondary N) is 1. The zero-order valence-corrected chi connectivity index (χ0v) is 13.5. The third kappa shape index (κ3) is 3.12. The van der Waals surface area contributed by atoms with E-state index >= 15 is 0 Å². The fourth-order valence-electron chi connectivity index (χ4n) is 2.16. The van der Waals surface area contributed by atoms with Crippen LogP contribution in [0.5, 0.6) is 5.95 Å². The van der Waals surface area contributed by atoms with E-state index in [-0.39, 0.29) is 5.69 Å². The maximum Gasteiger partial charge on any atom is 0.289 e. The van der Waals surface area contributed by atoms with E-state index in [0.29, 0.717) is 22.3 Å². The van der Waals surface area contributed by atoms with E-state index in [2.05, 4.69) is 20.8 Å². The van der Waals surface area contributed by atoms with E-state index < -0.39 is 5.95 Å². The van der Waals surface area contributed by atoms with Gasteiger partial charge < -0.3 is 14.0 Å². The van der Waals surface area contributed by atoms with Gasteiger partial charge in [0.05, 0.1) is 17.7 Å². The van der Waals surface area contributed by atoms with Gasteiger partial charge in [-0.2, -0.15) is 5.10 Å². The molecule has 0 atom stereocenters. The largest absolute Gasteiger partial charge is 0.539 e. The Kier molecular flexibility index (Phi) is 3.97. The molecule has 0 amide bonds. The molecule has 0 unspecified atom stereocenters. The summed E-state index contributed by atoms with van der Waals surface area (Å²) in [7, 11) is 0. The number of rotatable bonds is 5. The lowest BCUT2D eigenvalue weighted by Crippen LogP contribution is -2.34. The van der Waals surface area contributed by atoms with Gasteiger partial charge in [0.1, 0.15) is 5.76 Å². The average Bonchev–Trinajstić information content (AvgIpc) is 3.37. The average molecular weight is 353 g/mol. The first kappa shape index (κ1) is 15.1. The van der Waals surface area contributed by atoms with Crippen LogP contribution in [-0.2, 0) is 0 Å². The Hall–Kier alpha value is -3.46. The van der Waals surface area contributed by atoms with Gasteiger partial charge in [0.25, 0.3) is 5.69 Å². The van der Waals surface area contributed by atoms with Crippen molar-refractivity contribution in [3.05, 3.63) is 59.9 Å². The molecule has 0 spiro atoms. The normalized spacial score (nSPS) is 11.2. The smallest absolute Gasteiger partial charge is 0.289 e. The molecule has 9 heteroatoms. The van der Waals surface area contributed by atoms with Gasteiger partial charge in [0.15, 0.2) is 11.6 Å². The summed E-state index contributed by atoms with van der Waals surface area (Å²) in [6.07, 6.45) is 3.09. The van der Waals surface area contributed by atoms with Crippen LogP contribution in [0, 0.1) is 0 Å². The molecule has 1 N–H and O–H groups in total. The van der Waals surface area contributed by atoms with Crippen molar-refractivity contribution in [1.29, 1.82) is 0 Å². The molecule has 25 heavy (non-hydrogen) atoms. The molecule has 0 saturated heterocycles. The quantitative estimate of drug-likeness (QED) is 0.335. The van der Waals surface area contributed by atoms with Crippen molar-refractivity contribution in [3.8, 4) is 23.0 Å². The highest BCUT2D eigenvalue weighted by atomic mass is 32.1. The number of para-hydroxylation sites is 1. The van der Waals surface area contributed by atoms with Crippen LogP contribution in [-0.4, -0.2) is 16.5 Å². The summed E-state index contributed by atoms with van der Waals surface area (Å²) in [5, 5.41) is 22.1. The highest BCUT2D eigenvalue weighted by Gasteiger charge is 2.24. The first-order valence-electron chi connectivity index (χ1n) is 7.24. The minimum absolute atomic E-state index is 0.255. The summed E-state index contributed by atoms with van der Waals surface area (Å²) >= 11 is 1.31. The standard InChI is InChI=1S/C16H11N5O3S/c22-15-14(21(20-24-15)11-5-2-1-3-6-11)13-10-25-16(18-13)19-17-9-12-7-4-8-23-12/h1-10H,(H-,18,19,20,22)/b17-9+. The van der Waals surface area contributed by atoms with Gasteiger partial charge in [-0.15, -0.1) is 11.3 Å². The second-order valence-electron chi connectivity index (χ2n) is 4.88. The molecule has 0 aliphatic heterocycles. The molecule has 4 aromatic rings. The van der Waals surface area contributed by atoms with Crippen LogP contribution in [0.25, 0.3) is 17.1 Å². The van der Waals surface area contributed by atoms with E-state index in [1.54, 1.807) is 23.8 Å². The highest BCUT2D eigenvalue weighted by molar-refractivity contribution is 7.14. The Bertz CT molecular complexity index is 992. The van der Waals surface area contributed by atoms with Crippen LogP contribution in [0.15, 0.2) is 68.1 Å². The van der Waals surface area contributed by atoms with E-state index in [4.69, 9.17) is 8.94 Å². The summed E-state index contributed by atoms with van der Waals surface area (Å²) in [5.74, 6) is 0.0619. The number of hydrazone groups is 1. The van der Waals surface area contributed by atoms with Crippen molar-refractivity contribution in [2.75, 3.05) is 5.43 Å². The molecule has 3 heterocycles. The van der Waals surface area contributed by atoms with Crippen molar-refractivity contribution >= 4 is 22.7 Å². The van der Waals surface area contributed by atoms with Crippen LogP contribution in [0.4, 0.5) is 5.13 Å². The third-order valence-electron chi connectivity index (χ3n) is 3.25. The number of thiazole rings is 1. The first-order valence-corrected chi connectivity index (χ1v) is 8.12. The highest BCUT2D eigenvalue weighted by Crippen LogP contribution is 2.27. The number of benzene rings is 1. The number of anilines is 1. The minimum Gasteiger partial charge on any atom is -0.539 e. The van der Waals surface area contributed by atoms with Crippen LogP contribution < -0.4 is 15.2 Å². The fraction of sp³-hybridized carbons (Fsp3) is 0. The van der Waals surface area contributed by atoms with Crippen molar-refractivity contribution < 1.29 is 18.7 Å². The molecule has 4 rings (SSSR count). The van der Waals surface area contributed by atoms with Crippen LogP contribution in [0.3, 0.4) is 0 Å². The number of nitrogens with zero attached hydrogens (tertiary/aromatic N) is 4. The zero-order valence-electron chi connectivity index (χ0n) is 12.7. The molecule has 0 aliphatic rings. The summed E-state index contributed by atoms with van der Waals surface area (Å²) in [6.45, 7) is 0. The number of hydrogen-bond donors (Lipinski definition) is 1. The van der Waals surface area contributed by atoms with Crippen molar-refractivity contribution in [3.63, 3.8) is 0 Å². The van der Waals surface area contributed by atoms with E-state index in [1.807, 2.05) is 30.3 Å². The molecule has 1 aromatic carbocycles. The first-order chi connectivity index (χ1) is 12.3. The summed E-state index contributed by atoms with van der Waals surface area (Å²) in [5.41, 5.74) is 4.22. The van der Waals surface area contributed by atoms with Gasteiger partial charge in [-0.1, -0.05) is 18.2 Å². The number of aromatic nitrogens is 3. The van der Waals surface area contributed by atoms with E-state index in [9.17, 15) is 5.11 Å². The lowest BCUT2D eigenvalue weighted by molar-refractivity contribution is -0.660. The predicted molar refractivity (Wildman–Crippen MR) is 88.5 cm³/mol. The lowest BCUT2D eigenvalue weighted by Gasteiger charge is -1.95. The number of hydrogen-bond acceptors (Lipinski definition) is 8. The van der Waals surface area contributed by atoms with Gasteiger partial charge in [-0.3, -0.25) is 5.43 Å². The van der Waals surface area contributed by atoms with E-state index in [0.717, 1.165) is 0 Å². The molecular weight excluding hydrogens is 342 g/mol. The topological polar surface area (TPSA) is 103 Å². The SMILES string of the molecule is [O-]c1on[n+](-c2ccccc2)c1-c1csc(N/N=C/c2ccco2)n1. The third-order valence-corrected chi connectivity index (χ3v) is 4.00. The van der Waals surface area contributed by atoms with Gasteiger partial charge in [-0.25, -0.2) is 4.98 Å². The monoisotopic (exact) mass is 353 g/mol. The Morgan fingerprint density at radius 3 is 2.88 bits per heavy atom. The summed E-state index contributed by atoms with van der Waals surface area (Å²) in [6, 6.07) is 12.8. The fourth-order valence-corrected chi connectivity index (χ4v) is 2.80.